The normalized spacial score (nSPS) is 20.9. The molecule has 3 rings (SSSR count). The van der Waals surface area contributed by atoms with Gasteiger partial charge in [-0.2, -0.15) is 13.2 Å². The van der Waals surface area contributed by atoms with Gasteiger partial charge in [0.25, 0.3) is 0 Å². The Balaban J connectivity index is 1.68. The highest BCUT2D eigenvalue weighted by Crippen LogP contribution is 2.37. The molecule has 2 heterocycles. The number of halogens is 3. The quantitative estimate of drug-likeness (QED) is 0.195. The number of esters is 1. The van der Waals surface area contributed by atoms with Gasteiger partial charge >= 0.3 is 24.3 Å². The molecule has 0 aromatic carbocycles. The van der Waals surface area contributed by atoms with Crippen molar-refractivity contribution in [1.82, 2.24) is 15.2 Å². The minimum atomic E-state index is -4.71. The maximum atomic E-state index is 13.9. The van der Waals surface area contributed by atoms with E-state index in [0.717, 1.165) is 6.42 Å². The van der Waals surface area contributed by atoms with Crippen LogP contribution in [0.4, 0.5) is 28.6 Å². The van der Waals surface area contributed by atoms with E-state index >= 15 is 0 Å². The molecule has 1 aromatic heterocycles. The molecule has 1 saturated heterocycles. The Kier molecular flexibility index (Phi) is 11.5. The van der Waals surface area contributed by atoms with Gasteiger partial charge in [0, 0.05) is 12.8 Å². The van der Waals surface area contributed by atoms with E-state index in [0.29, 0.717) is 36.1 Å². The predicted octanol–water partition coefficient (Wildman–Crippen LogP) is 3.73. The van der Waals surface area contributed by atoms with Crippen LogP contribution in [0.1, 0.15) is 58.4 Å². The summed E-state index contributed by atoms with van der Waals surface area (Å²) in [4.78, 5) is 54.2. The fraction of sp³-hybridized carbons (Fsp3) is 0.667. The first-order valence-electron chi connectivity index (χ1n) is 13.9. The zero-order valence-corrected chi connectivity index (χ0v) is 23.7. The first-order chi connectivity index (χ1) is 19.8. The lowest BCUT2D eigenvalue weighted by Crippen LogP contribution is -2.71. The number of rotatable bonds is 11. The SMILES string of the molecule is CCOC(O)C1[C@@H](Cc2ccnc(NC(=O)OCOC(=O)C(C)C)c2)C(=O)N1C(=O)N[C@@H](C1CCCCC1)C(F)(F)F. The molecule has 0 bridgehead atoms. The summed E-state index contributed by atoms with van der Waals surface area (Å²) in [5.41, 5.74) is 0.467. The van der Waals surface area contributed by atoms with Crippen LogP contribution < -0.4 is 10.6 Å². The van der Waals surface area contributed by atoms with E-state index in [9.17, 15) is 37.5 Å². The fourth-order valence-electron chi connectivity index (χ4n) is 5.12. The van der Waals surface area contributed by atoms with Crippen molar-refractivity contribution in [2.24, 2.45) is 17.8 Å². The monoisotopic (exact) mass is 602 g/mol. The summed E-state index contributed by atoms with van der Waals surface area (Å²) >= 11 is 0. The van der Waals surface area contributed by atoms with Gasteiger partial charge in [0.05, 0.1) is 11.8 Å². The first kappa shape index (κ1) is 33.0. The van der Waals surface area contributed by atoms with Crippen LogP contribution in [0.25, 0.3) is 0 Å². The number of carbonyl (C=O) groups is 4. The number of hydrogen-bond acceptors (Lipinski definition) is 9. The van der Waals surface area contributed by atoms with Crippen molar-refractivity contribution < 1.29 is 51.7 Å². The van der Waals surface area contributed by atoms with Gasteiger partial charge in [-0.15, -0.1) is 0 Å². The van der Waals surface area contributed by atoms with Crippen LogP contribution >= 0.6 is 0 Å². The van der Waals surface area contributed by atoms with Gasteiger partial charge < -0.3 is 24.6 Å². The third kappa shape index (κ3) is 8.53. The molecule has 1 aliphatic carbocycles. The molecular formula is C27H37F3N4O8. The largest absolute Gasteiger partial charge is 0.428 e. The number of anilines is 1. The van der Waals surface area contributed by atoms with E-state index in [-0.39, 0.29) is 18.8 Å². The van der Waals surface area contributed by atoms with E-state index in [4.69, 9.17) is 14.2 Å². The van der Waals surface area contributed by atoms with Gasteiger partial charge in [-0.05, 0) is 49.8 Å². The minimum absolute atomic E-state index is 0.0270. The van der Waals surface area contributed by atoms with Crippen molar-refractivity contribution in [2.75, 3.05) is 18.7 Å². The Hall–Kier alpha value is -3.46. The molecule has 2 unspecified atom stereocenters. The Morgan fingerprint density at radius 2 is 1.86 bits per heavy atom. The maximum Gasteiger partial charge on any atom is 0.415 e. The Bertz CT molecular complexity index is 1110. The summed E-state index contributed by atoms with van der Waals surface area (Å²) in [5.74, 6) is -3.51. The highest BCUT2D eigenvalue weighted by molar-refractivity contribution is 6.01. The van der Waals surface area contributed by atoms with E-state index in [2.05, 4.69) is 10.3 Å². The molecule has 2 aliphatic rings. The second-order valence-corrected chi connectivity index (χ2v) is 10.6. The van der Waals surface area contributed by atoms with E-state index in [1.807, 2.05) is 5.32 Å². The minimum Gasteiger partial charge on any atom is -0.428 e. The van der Waals surface area contributed by atoms with Crippen LogP contribution in [0.5, 0.6) is 0 Å². The van der Waals surface area contributed by atoms with Crippen molar-refractivity contribution in [2.45, 2.75) is 83.8 Å². The summed E-state index contributed by atoms with van der Waals surface area (Å²) in [5, 5.41) is 14.9. The third-order valence-electron chi connectivity index (χ3n) is 7.24. The number of nitrogens with zero attached hydrogens (tertiary/aromatic N) is 2. The number of urea groups is 1. The number of imide groups is 1. The molecule has 12 nitrogen and oxygen atoms in total. The van der Waals surface area contributed by atoms with Crippen molar-refractivity contribution in [3.63, 3.8) is 0 Å². The number of aliphatic hydroxyl groups excluding tert-OH is 1. The number of ether oxygens (including phenoxy) is 3. The summed E-state index contributed by atoms with van der Waals surface area (Å²) in [7, 11) is 0. The lowest BCUT2D eigenvalue weighted by atomic mass is 9.81. The Labute approximate surface area is 241 Å². The molecule has 15 heteroatoms. The highest BCUT2D eigenvalue weighted by atomic mass is 19.4. The van der Waals surface area contributed by atoms with Crippen LogP contribution in [0.15, 0.2) is 18.3 Å². The number of likely N-dealkylation sites (tertiary alicyclic amines) is 1. The second kappa shape index (κ2) is 14.6. The van der Waals surface area contributed by atoms with E-state index in [1.54, 1.807) is 20.8 Å². The van der Waals surface area contributed by atoms with Gasteiger partial charge in [0.2, 0.25) is 12.7 Å². The topological polar surface area (TPSA) is 156 Å². The van der Waals surface area contributed by atoms with Crippen LogP contribution in [0.3, 0.4) is 0 Å². The maximum absolute atomic E-state index is 13.9. The first-order valence-corrected chi connectivity index (χ1v) is 13.9. The summed E-state index contributed by atoms with van der Waals surface area (Å²) in [6.07, 6.45) is -3.33. The molecule has 3 N–H and O–H groups in total. The summed E-state index contributed by atoms with van der Waals surface area (Å²) in [6, 6.07) is -1.66. The smallest absolute Gasteiger partial charge is 0.415 e. The highest BCUT2D eigenvalue weighted by Gasteiger charge is 2.56. The van der Waals surface area contributed by atoms with E-state index in [1.165, 1.54) is 18.3 Å². The van der Waals surface area contributed by atoms with Crippen molar-refractivity contribution in [1.29, 1.82) is 0 Å². The Morgan fingerprint density at radius 1 is 1.17 bits per heavy atom. The van der Waals surface area contributed by atoms with Crippen molar-refractivity contribution in [3.8, 4) is 0 Å². The molecule has 0 radical (unpaired) electrons. The molecule has 1 aliphatic heterocycles. The zero-order valence-electron chi connectivity index (χ0n) is 23.7. The standard InChI is InChI=1S/C27H37F3N4O8/c1-4-40-24(37)20-18(12-16-10-11-31-19(13-16)32-26(39)42-14-41-23(36)15(2)3)22(35)34(20)25(38)33-21(27(28,29)30)17-8-6-5-7-9-17/h10-11,13,15,17-18,20-21,24,37H,4-9,12,14H2,1-3H3,(H,33,38)(H,31,32,39)/t18-,20?,21+,24?/m1/s1. The average molecular weight is 603 g/mol. The summed E-state index contributed by atoms with van der Waals surface area (Å²) in [6.45, 7) is 4.23. The lowest BCUT2D eigenvalue weighted by molar-refractivity contribution is -0.193. The molecule has 1 aromatic rings. The number of carbonyl (C=O) groups excluding carboxylic acids is 4. The molecule has 0 spiro atoms. The number of amides is 4. The molecule has 1 saturated carbocycles. The predicted molar refractivity (Wildman–Crippen MR) is 141 cm³/mol. The lowest BCUT2D eigenvalue weighted by Gasteiger charge is -2.48. The molecule has 234 valence electrons. The van der Waals surface area contributed by atoms with Crippen LogP contribution in [0, 0.1) is 17.8 Å². The zero-order chi connectivity index (χ0) is 31.0. The number of pyridine rings is 1. The molecule has 42 heavy (non-hydrogen) atoms. The van der Waals surface area contributed by atoms with E-state index < -0.39 is 73.1 Å². The molecule has 4 atom stereocenters. The van der Waals surface area contributed by atoms with Crippen LogP contribution in [-0.4, -0.2) is 76.9 Å². The molecule has 2 fully saturated rings. The van der Waals surface area contributed by atoms with Gasteiger partial charge in [-0.25, -0.2) is 14.6 Å². The summed E-state index contributed by atoms with van der Waals surface area (Å²) < 4.78 is 56.4. The van der Waals surface area contributed by atoms with Crippen LogP contribution in [0.2, 0.25) is 0 Å². The second-order valence-electron chi connectivity index (χ2n) is 10.6. The fourth-order valence-corrected chi connectivity index (χ4v) is 5.12. The van der Waals surface area contributed by atoms with Gasteiger partial charge in [-0.3, -0.25) is 19.8 Å². The molecular weight excluding hydrogens is 565 g/mol. The average Bonchev–Trinajstić information content (AvgIpc) is 2.93. The third-order valence-corrected chi connectivity index (χ3v) is 7.24. The molecule has 4 amide bonds. The number of nitrogens with one attached hydrogen (secondary N) is 2. The van der Waals surface area contributed by atoms with Crippen LogP contribution in [-0.2, 0) is 30.2 Å². The van der Waals surface area contributed by atoms with Crippen molar-refractivity contribution in [3.05, 3.63) is 23.9 Å². The number of hydrogen-bond donors (Lipinski definition) is 3. The Morgan fingerprint density at radius 3 is 2.48 bits per heavy atom. The van der Waals surface area contributed by atoms with Gasteiger partial charge in [0.15, 0.2) is 6.29 Å². The number of alkyl halides is 3. The van der Waals surface area contributed by atoms with Crippen molar-refractivity contribution >= 4 is 29.8 Å². The number of aromatic nitrogens is 1. The number of β-lactam (4-membered cyclic amide) rings is 1. The van der Waals surface area contributed by atoms with Gasteiger partial charge in [0.1, 0.15) is 17.9 Å². The number of aliphatic hydroxyl groups is 1. The van der Waals surface area contributed by atoms with Gasteiger partial charge in [-0.1, -0.05) is 33.1 Å².